The van der Waals surface area contributed by atoms with E-state index in [4.69, 9.17) is 16.1 Å². The molecule has 3 aromatic rings. The standard InChI is InChI=1S/C18H19ClN4O2/c1-3-22(4-2)16(24)12-23-10-6-9-15(23)18-20-17(21-25-18)13-7-5-8-14(19)11-13/h5-11H,3-4,12H2,1-2H3. The summed E-state index contributed by atoms with van der Waals surface area (Å²) in [6.45, 7) is 5.54. The Bertz CT molecular complexity index is 867. The quantitative estimate of drug-likeness (QED) is 0.673. The smallest absolute Gasteiger partial charge is 0.274 e. The maximum absolute atomic E-state index is 12.3. The van der Waals surface area contributed by atoms with Crippen LogP contribution in [0.3, 0.4) is 0 Å². The summed E-state index contributed by atoms with van der Waals surface area (Å²) in [5.41, 5.74) is 1.49. The van der Waals surface area contributed by atoms with Crippen molar-refractivity contribution in [2.75, 3.05) is 13.1 Å². The molecule has 0 atom stereocenters. The molecule has 0 saturated carbocycles. The molecule has 7 heteroatoms. The second-order valence-corrected chi connectivity index (χ2v) is 5.96. The van der Waals surface area contributed by atoms with E-state index in [1.807, 2.05) is 48.9 Å². The molecular weight excluding hydrogens is 340 g/mol. The number of nitrogens with zero attached hydrogens (tertiary/aromatic N) is 4. The highest BCUT2D eigenvalue weighted by atomic mass is 35.5. The van der Waals surface area contributed by atoms with Crippen molar-refractivity contribution in [2.24, 2.45) is 0 Å². The number of rotatable bonds is 6. The van der Waals surface area contributed by atoms with Crippen LogP contribution < -0.4 is 0 Å². The molecule has 1 amide bonds. The van der Waals surface area contributed by atoms with Gasteiger partial charge in [0.15, 0.2) is 0 Å². The van der Waals surface area contributed by atoms with Crippen molar-refractivity contribution in [1.82, 2.24) is 19.6 Å². The highest BCUT2D eigenvalue weighted by Gasteiger charge is 2.17. The molecule has 0 fully saturated rings. The van der Waals surface area contributed by atoms with E-state index < -0.39 is 0 Å². The molecule has 130 valence electrons. The second-order valence-electron chi connectivity index (χ2n) is 5.52. The van der Waals surface area contributed by atoms with Crippen LogP contribution in [-0.2, 0) is 11.3 Å². The predicted molar refractivity (Wildman–Crippen MR) is 96.1 cm³/mol. The van der Waals surface area contributed by atoms with Crippen molar-refractivity contribution in [3.8, 4) is 23.0 Å². The Labute approximate surface area is 151 Å². The third-order valence-electron chi connectivity index (χ3n) is 3.98. The average Bonchev–Trinajstić information content (AvgIpc) is 3.25. The van der Waals surface area contributed by atoms with Crippen molar-refractivity contribution < 1.29 is 9.32 Å². The van der Waals surface area contributed by atoms with E-state index in [2.05, 4.69) is 10.1 Å². The van der Waals surface area contributed by atoms with Crippen molar-refractivity contribution in [3.05, 3.63) is 47.6 Å². The number of halogens is 1. The number of carbonyl (C=O) groups is 1. The third-order valence-corrected chi connectivity index (χ3v) is 4.21. The highest BCUT2D eigenvalue weighted by molar-refractivity contribution is 6.30. The first-order chi connectivity index (χ1) is 12.1. The van der Waals surface area contributed by atoms with Crippen molar-refractivity contribution in [1.29, 1.82) is 0 Å². The van der Waals surface area contributed by atoms with E-state index in [9.17, 15) is 4.79 Å². The fraction of sp³-hybridized carbons (Fsp3) is 0.278. The van der Waals surface area contributed by atoms with Crippen LogP contribution in [0.4, 0.5) is 0 Å². The molecule has 2 heterocycles. The lowest BCUT2D eigenvalue weighted by Gasteiger charge is -2.19. The summed E-state index contributed by atoms with van der Waals surface area (Å²) >= 11 is 6.01. The van der Waals surface area contributed by atoms with Gasteiger partial charge in [0.2, 0.25) is 11.7 Å². The van der Waals surface area contributed by atoms with Crippen LogP contribution in [0, 0.1) is 0 Å². The lowest BCUT2D eigenvalue weighted by Crippen LogP contribution is -2.33. The summed E-state index contributed by atoms with van der Waals surface area (Å²) in [5.74, 6) is 0.879. The Hall–Kier alpha value is -2.60. The lowest BCUT2D eigenvalue weighted by atomic mass is 10.2. The van der Waals surface area contributed by atoms with Gasteiger partial charge in [-0.2, -0.15) is 4.98 Å². The topological polar surface area (TPSA) is 64.2 Å². The Balaban J connectivity index is 1.85. The van der Waals surface area contributed by atoms with Gasteiger partial charge in [0.05, 0.1) is 0 Å². The van der Waals surface area contributed by atoms with Gasteiger partial charge in [-0.1, -0.05) is 28.9 Å². The summed E-state index contributed by atoms with van der Waals surface area (Å²) in [6.07, 6.45) is 1.83. The molecule has 6 nitrogen and oxygen atoms in total. The maximum Gasteiger partial charge on any atom is 0.274 e. The van der Waals surface area contributed by atoms with Crippen molar-refractivity contribution in [3.63, 3.8) is 0 Å². The van der Waals surface area contributed by atoms with Crippen molar-refractivity contribution >= 4 is 17.5 Å². The molecule has 0 saturated heterocycles. The second kappa shape index (κ2) is 7.53. The minimum Gasteiger partial charge on any atom is -0.342 e. The normalized spacial score (nSPS) is 10.8. The first-order valence-corrected chi connectivity index (χ1v) is 8.53. The molecule has 0 unspecified atom stereocenters. The fourth-order valence-corrected chi connectivity index (χ4v) is 2.83. The van der Waals surface area contributed by atoms with E-state index >= 15 is 0 Å². The molecule has 25 heavy (non-hydrogen) atoms. The van der Waals surface area contributed by atoms with E-state index in [1.54, 1.807) is 17.0 Å². The number of likely N-dealkylation sites (N-methyl/N-ethyl adjacent to an activating group) is 1. The van der Waals surface area contributed by atoms with Gasteiger partial charge in [0, 0.05) is 29.9 Å². The number of hydrogen-bond donors (Lipinski definition) is 0. The Kier molecular flexibility index (Phi) is 5.19. The molecule has 3 rings (SSSR count). The van der Waals surface area contributed by atoms with E-state index in [0.717, 1.165) is 5.56 Å². The number of hydrogen-bond acceptors (Lipinski definition) is 4. The highest BCUT2D eigenvalue weighted by Crippen LogP contribution is 2.24. The Morgan fingerprint density at radius 2 is 2.04 bits per heavy atom. The first kappa shape index (κ1) is 17.2. The van der Waals surface area contributed by atoms with Gasteiger partial charge in [-0.3, -0.25) is 4.79 Å². The first-order valence-electron chi connectivity index (χ1n) is 8.15. The Morgan fingerprint density at radius 1 is 1.24 bits per heavy atom. The van der Waals surface area contributed by atoms with Gasteiger partial charge >= 0.3 is 0 Å². The molecule has 0 aliphatic rings. The molecule has 2 aromatic heterocycles. The molecule has 0 N–H and O–H groups in total. The summed E-state index contributed by atoms with van der Waals surface area (Å²) in [6, 6.07) is 11.0. The molecule has 0 aliphatic carbocycles. The van der Waals surface area contributed by atoms with E-state index in [1.165, 1.54) is 0 Å². The molecule has 0 radical (unpaired) electrons. The number of benzene rings is 1. The minimum absolute atomic E-state index is 0.0528. The van der Waals surface area contributed by atoms with Gasteiger partial charge in [-0.05, 0) is 38.1 Å². The zero-order valence-electron chi connectivity index (χ0n) is 14.1. The van der Waals surface area contributed by atoms with Crippen LogP contribution in [0.2, 0.25) is 5.02 Å². The number of carbonyl (C=O) groups excluding carboxylic acids is 1. The fourth-order valence-electron chi connectivity index (χ4n) is 2.64. The zero-order valence-corrected chi connectivity index (χ0v) is 14.9. The van der Waals surface area contributed by atoms with Gasteiger partial charge in [-0.25, -0.2) is 0 Å². The summed E-state index contributed by atoms with van der Waals surface area (Å²) in [5, 5.41) is 4.63. The largest absolute Gasteiger partial charge is 0.342 e. The van der Waals surface area contributed by atoms with Gasteiger partial charge < -0.3 is 14.0 Å². The van der Waals surface area contributed by atoms with E-state index in [-0.39, 0.29) is 12.5 Å². The summed E-state index contributed by atoms with van der Waals surface area (Å²) < 4.78 is 7.20. The van der Waals surface area contributed by atoms with Crippen LogP contribution in [-0.4, -0.2) is 38.6 Å². The van der Waals surface area contributed by atoms with Gasteiger partial charge in [0.1, 0.15) is 12.2 Å². The van der Waals surface area contributed by atoms with Crippen LogP contribution >= 0.6 is 11.6 Å². The average molecular weight is 359 g/mol. The lowest BCUT2D eigenvalue weighted by molar-refractivity contribution is -0.131. The third kappa shape index (κ3) is 3.74. The molecule has 0 bridgehead atoms. The molecule has 1 aromatic carbocycles. The molecular formula is C18H19ClN4O2. The molecule has 0 aliphatic heterocycles. The maximum atomic E-state index is 12.3. The van der Waals surface area contributed by atoms with Gasteiger partial charge in [0.25, 0.3) is 5.89 Å². The van der Waals surface area contributed by atoms with Crippen LogP contribution in [0.5, 0.6) is 0 Å². The zero-order chi connectivity index (χ0) is 17.8. The SMILES string of the molecule is CCN(CC)C(=O)Cn1cccc1-c1nc(-c2cccc(Cl)c2)no1. The monoisotopic (exact) mass is 358 g/mol. The van der Waals surface area contributed by atoms with Crippen LogP contribution in [0.25, 0.3) is 23.0 Å². The summed E-state index contributed by atoms with van der Waals surface area (Å²) in [7, 11) is 0. The number of aromatic nitrogens is 3. The molecule has 0 spiro atoms. The minimum atomic E-state index is 0.0528. The predicted octanol–water partition coefficient (Wildman–Crippen LogP) is 3.73. The summed E-state index contributed by atoms with van der Waals surface area (Å²) in [4.78, 5) is 18.6. The van der Waals surface area contributed by atoms with E-state index in [0.29, 0.717) is 35.5 Å². The Morgan fingerprint density at radius 3 is 2.76 bits per heavy atom. The van der Waals surface area contributed by atoms with Crippen LogP contribution in [0.15, 0.2) is 47.1 Å². The van der Waals surface area contributed by atoms with Gasteiger partial charge in [-0.15, -0.1) is 0 Å². The van der Waals surface area contributed by atoms with Crippen LogP contribution in [0.1, 0.15) is 13.8 Å². The number of amides is 1. The van der Waals surface area contributed by atoms with Crippen molar-refractivity contribution in [2.45, 2.75) is 20.4 Å².